The summed E-state index contributed by atoms with van der Waals surface area (Å²) in [4.78, 5) is 5.79. The number of rotatable bonds is 7. The molecule has 0 aliphatic rings. The van der Waals surface area contributed by atoms with E-state index in [4.69, 9.17) is 5.73 Å². The third-order valence-electron chi connectivity index (χ3n) is 4.07. The van der Waals surface area contributed by atoms with Crippen molar-refractivity contribution in [1.29, 1.82) is 0 Å². The molecule has 164 valence electrons. The van der Waals surface area contributed by atoms with Crippen molar-refractivity contribution < 1.29 is 8.78 Å². The summed E-state index contributed by atoms with van der Waals surface area (Å²) in [6, 6.07) is 11.3. The highest BCUT2D eigenvalue weighted by Gasteiger charge is 2.13. The largest absolute Gasteiger partial charge is 0.388 e. The van der Waals surface area contributed by atoms with Gasteiger partial charge in [0.15, 0.2) is 5.13 Å². The summed E-state index contributed by atoms with van der Waals surface area (Å²) in [6.45, 7) is 9.81. The van der Waals surface area contributed by atoms with Crippen LogP contribution in [0, 0.1) is 11.6 Å². The molecule has 3 aromatic rings. The van der Waals surface area contributed by atoms with E-state index in [1.807, 2.05) is 45.2 Å². The van der Waals surface area contributed by atoms with Crippen molar-refractivity contribution in [3.05, 3.63) is 76.5 Å². The Kier molecular flexibility index (Phi) is 9.08. The molecule has 8 heteroatoms. The van der Waals surface area contributed by atoms with Crippen LogP contribution < -0.4 is 16.4 Å². The predicted molar refractivity (Wildman–Crippen MR) is 134 cm³/mol. The van der Waals surface area contributed by atoms with Crippen LogP contribution in [0.15, 0.2) is 54.5 Å². The predicted octanol–water partition coefficient (Wildman–Crippen LogP) is 7.58. The Labute approximate surface area is 190 Å². The molecule has 31 heavy (non-hydrogen) atoms. The number of thiazole rings is 1. The van der Waals surface area contributed by atoms with E-state index < -0.39 is 11.6 Å². The number of anilines is 4. The molecule has 1 aromatic heterocycles. The highest BCUT2D eigenvalue weighted by molar-refractivity contribution is 8.11. The lowest BCUT2D eigenvalue weighted by Gasteiger charge is -2.05. The van der Waals surface area contributed by atoms with Gasteiger partial charge in [-0.1, -0.05) is 43.5 Å². The summed E-state index contributed by atoms with van der Waals surface area (Å²) in [7, 11) is 1.86. The first kappa shape index (κ1) is 24.4. The van der Waals surface area contributed by atoms with Crippen LogP contribution in [-0.2, 0) is 0 Å². The van der Waals surface area contributed by atoms with Gasteiger partial charge in [-0.05, 0) is 54.3 Å². The summed E-state index contributed by atoms with van der Waals surface area (Å²) in [5, 5.41) is 8.71. The van der Waals surface area contributed by atoms with Crippen LogP contribution >= 0.6 is 23.1 Å². The van der Waals surface area contributed by atoms with Crippen LogP contribution in [0.3, 0.4) is 0 Å². The van der Waals surface area contributed by atoms with E-state index in [1.54, 1.807) is 12.3 Å². The van der Waals surface area contributed by atoms with E-state index >= 15 is 0 Å². The van der Waals surface area contributed by atoms with Gasteiger partial charge in [0.1, 0.15) is 17.5 Å². The van der Waals surface area contributed by atoms with E-state index in [9.17, 15) is 8.78 Å². The van der Waals surface area contributed by atoms with Crippen molar-refractivity contribution in [2.75, 3.05) is 23.4 Å². The second-order valence-electron chi connectivity index (χ2n) is 6.15. The lowest BCUT2D eigenvalue weighted by atomic mass is 10.1. The average Bonchev–Trinajstić information content (AvgIpc) is 3.13. The van der Waals surface area contributed by atoms with E-state index in [2.05, 4.69) is 22.2 Å². The highest BCUT2D eigenvalue weighted by Crippen LogP contribution is 2.39. The first-order chi connectivity index (χ1) is 14.9. The first-order valence-corrected chi connectivity index (χ1v) is 11.4. The second kappa shape index (κ2) is 11.5. The number of thioether (sulfide) groups is 1. The summed E-state index contributed by atoms with van der Waals surface area (Å²) in [5.41, 5.74) is 8.97. The molecule has 0 amide bonds. The lowest BCUT2D eigenvalue weighted by Crippen LogP contribution is -1.92. The fraction of sp³-hybridized carbons (Fsp3) is 0.174. The number of nitrogens with zero attached hydrogens (tertiary/aromatic N) is 1. The Morgan fingerprint density at radius 3 is 2.39 bits per heavy atom. The molecule has 4 N–H and O–H groups in total. The summed E-state index contributed by atoms with van der Waals surface area (Å²) in [6.07, 6.45) is 0. The zero-order valence-corrected chi connectivity index (χ0v) is 19.6. The molecule has 0 saturated carbocycles. The zero-order chi connectivity index (χ0) is 23.0. The fourth-order valence-corrected chi connectivity index (χ4v) is 4.21. The fourth-order valence-electron chi connectivity index (χ4n) is 2.51. The normalized spacial score (nSPS) is 10.8. The van der Waals surface area contributed by atoms with E-state index in [0.717, 1.165) is 22.3 Å². The molecule has 3 rings (SSSR count). The summed E-state index contributed by atoms with van der Waals surface area (Å²) < 4.78 is 27.0. The number of allylic oxidation sites excluding steroid dienone is 1. The minimum Gasteiger partial charge on any atom is -0.388 e. The van der Waals surface area contributed by atoms with Crippen LogP contribution in [0.25, 0.3) is 10.5 Å². The van der Waals surface area contributed by atoms with Gasteiger partial charge in [0, 0.05) is 35.0 Å². The van der Waals surface area contributed by atoms with E-state index in [-0.39, 0.29) is 0 Å². The summed E-state index contributed by atoms with van der Waals surface area (Å²) in [5.74, 6) is -0.826. The molecular weight excluding hydrogens is 434 g/mol. The number of benzene rings is 2. The Balaban J connectivity index is 0.00000166. The Hall–Kier alpha value is -2.84. The van der Waals surface area contributed by atoms with Crippen molar-refractivity contribution in [1.82, 2.24) is 4.98 Å². The molecule has 0 fully saturated rings. The van der Waals surface area contributed by atoms with Crippen LogP contribution in [0.1, 0.15) is 31.2 Å². The molecule has 0 aliphatic heterocycles. The Bertz CT molecular complexity index is 1060. The standard InChI is InChI=1S/C21H20F2N4S2.C2H6/c1-12(17-9-4-14(22)10-18(17)23)11-28-13(2)19-20(24)27-21(29-19)26-16-7-5-15(25-3)6-8-16;1-2/h4-11,25H,2,24H2,1,3H3,(H,26,27);1-2H3/b12-11+;. The van der Waals surface area contributed by atoms with Crippen LogP contribution in [0.5, 0.6) is 0 Å². The van der Waals surface area contributed by atoms with Gasteiger partial charge in [0.25, 0.3) is 0 Å². The molecular formula is C23H26F2N4S2. The molecule has 0 radical (unpaired) electrons. The molecule has 0 unspecified atom stereocenters. The maximum atomic E-state index is 13.9. The maximum Gasteiger partial charge on any atom is 0.189 e. The number of hydrogen-bond acceptors (Lipinski definition) is 6. The molecule has 0 bridgehead atoms. The minimum absolute atomic E-state index is 0.344. The van der Waals surface area contributed by atoms with Gasteiger partial charge < -0.3 is 16.4 Å². The number of aromatic nitrogens is 1. The molecule has 0 aliphatic carbocycles. The topological polar surface area (TPSA) is 63.0 Å². The van der Waals surface area contributed by atoms with Crippen molar-refractivity contribution in [3.63, 3.8) is 0 Å². The van der Waals surface area contributed by atoms with Gasteiger partial charge in [-0.3, -0.25) is 0 Å². The van der Waals surface area contributed by atoms with Gasteiger partial charge in [0.05, 0.1) is 4.88 Å². The van der Waals surface area contributed by atoms with E-state index in [1.165, 1.54) is 35.2 Å². The molecule has 0 atom stereocenters. The van der Waals surface area contributed by atoms with Crippen molar-refractivity contribution in [2.45, 2.75) is 20.8 Å². The smallest absolute Gasteiger partial charge is 0.189 e. The van der Waals surface area contributed by atoms with Crippen molar-refractivity contribution >= 4 is 55.9 Å². The molecule has 2 aromatic carbocycles. The van der Waals surface area contributed by atoms with Crippen LogP contribution in [0.2, 0.25) is 0 Å². The third-order valence-corrected chi connectivity index (χ3v) is 6.20. The molecule has 0 saturated heterocycles. The number of nitrogens with one attached hydrogen (secondary N) is 2. The van der Waals surface area contributed by atoms with Crippen molar-refractivity contribution in [2.24, 2.45) is 0 Å². The van der Waals surface area contributed by atoms with Gasteiger partial charge >= 0.3 is 0 Å². The Morgan fingerprint density at radius 1 is 1.13 bits per heavy atom. The zero-order valence-electron chi connectivity index (χ0n) is 17.9. The third kappa shape index (κ3) is 6.57. The summed E-state index contributed by atoms with van der Waals surface area (Å²) >= 11 is 2.71. The lowest BCUT2D eigenvalue weighted by molar-refractivity contribution is 0.581. The quantitative estimate of drug-likeness (QED) is 0.339. The van der Waals surface area contributed by atoms with Gasteiger partial charge in [0.2, 0.25) is 0 Å². The van der Waals surface area contributed by atoms with Crippen LogP contribution in [0.4, 0.5) is 31.1 Å². The molecule has 4 nitrogen and oxygen atoms in total. The van der Waals surface area contributed by atoms with E-state index in [0.29, 0.717) is 27.0 Å². The van der Waals surface area contributed by atoms with Crippen LogP contribution in [-0.4, -0.2) is 12.0 Å². The van der Waals surface area contributed by atoms with Gasteiger partial charge in [-0.25, -0.2) is 13.8 Å². The van der Waals surface area contributed by atoms with Gasteiger partial charge in [-0.2, -0.15) is 0 Å². The van der Waals surface area contributed by atoms with Gasteiger partial charge in [-0.15, -0.1) is 0 Å². The second-order valence-corrected chi connectivity index (χ2v) is 8.12. The number of hydrogen-bond donors (Lipinski definition) is 3. The van der Waals surface area contributed by atoms with Crippen molar-refractivity contribution in [3.8, 4) is 0 Å². The minimum atomic E-state index is -0.603. The number of nitrogen functional groups attached to an aromatic ring is 1. The first-order valence-electron chi connectivity index (χ1n) is 9.66. The highest BCUT2D eigenvalue weighted by atomic mass is 32.2. The molecule has 0 spiro atoms. The number of nitrogens with two attached hydrogens (primary N) is 1. The Morgan fingerprint density at radius 2 is 1.77 bits per heavy atom. The monoisotopic (exact) mass is 460 g/mol. The molecule has 1 heterocycles. The maximum absolute atomic E-state index is 13.9. The SMILES string of the molecule is C=C(S/C=C(\C)c1ccc(F)cc1F)c1sc(Nc2ccc(NC)cc2)nc1N.CC. The average molecular weight is 461 g/mol. The number of halogens is 2.